The fourth-order valence-electron chi connectivity index (χ4n) is 2.14. The molecule has 2 N–H and O–H groups in total. The van der Waals surface area contributed by atoms with Gasteiger partial charge in [0, 0.05) is 18.0 Å². The van der Waals surface area contributed by atoms with Gasteiger partial charge in [0.25, 0.3) is 0 Å². The van der Waals surface area contributed by atoms with Crippen LogP contribution < -0.4 is 5.32 Å². The molecule has 1 aliphatic carbocycles. The highest BCUT2D eigenvalue weighted by atomic mass is 19.1. The molecule has 0 bridgehead atoms. The van der Waals surface area contributed by atoms with Gasteiger partial charge in [0.15, 0.2) is 0 Å². The Kier molecular flexibility index (Phi) is 3.00. The van der Waals surface area contributed by atoms with Crippen LogP contribution in [0.25, 0.3) is 0 Å². The zero-order valence-electron chi connectivity index (χ0n) is 9.70. The van der Waals surface area contributed by atoms with Crippen molar-refractivity contribution in [3.63, 3.8) is 0 Å². The summed E-state index contributed by atoms with van der Waals surface area (Å²) >= 11 is 0. The minimum Gasteiger partial charge on any atom is -0.392 e. The summed E-state index contributed by atoms with van der Waals surface area (Å²) in [4.78, 5) is 0. The second-order valence-electron chi connectivity index (χ2n) is 5.14. The second-order valence-corrected chi connectivity index (χ2v) is 5.14. The Bertz CT molecular complexity index is 378. The van der Waals surface area contributed by atoms with Gasteiger partial charge in [-0.1, -0.05) is 26.0 Å². The molecular formula is C13H18FNO. The molecule has 0 aliphatic heterocycles. The molecule has 0 amide bonds. The van der Waals surface area contributed by atoms with Gasteiger partial charge in [0.1, 0.15) is 5.82 Å². The number of halogens is 1. The van der Waals surface area contributed by atoms with E-state index in [1.165, 1.54) is 12.1 Å². The average Bonchev–Trinajstić information content (AvgIpc) is 2.24. The van der Waals surface area contributed by atoms with Crippen LogP contribution in [0.1, 0.15) is 25.8 Å². The minimum absolute atomic E-state index is 0.0761. The second kappa shape index (κ2) is 4.15. The molecule has 2 unspecified atom stereocenters. The molecule has 0 radical (unpaired) electrons. The summed E-state index contributed by atoms with van der Waals surface area (Å²) in [6.45, 7) is 4.74. The molecule has 0 aromatic heterocycles. The number of nitrogens with one attached hydrogen (secondary N) is 1. The molecule has 1 aromatic carbocycles. The summed E-state index contributed by atoms with van der Waals surface area (Å²) in [5.74, 6) is -0.202. The summed E-state index contributed by atoms with van der Waals surface area (Å²) < 4.78 is 12.9. The van der Waals surface area contributed by atoms with Gasteiger partial charge in [0.05, 0.1) is 6.10 Å². The van der Waals surface area contributed by atoms with Gasteiger partial charge < -0.3 is 10.4 Å². The standard InChI is InChI=1S/C13H18FNO/c1-13(2)11(7-12(13)16)15-8-9-4-3-5-10(14)6-9/h3-6,11-12,15-16H,7-8H2,1-2H3. The van der Waals surface area contributed by atoms with E-state index in [1.54, 1.807) is 6.07 Å². The molecule has 1 saturated carbocycles. The van der Waals surface area contributed by atoms with E-state index < -0.39 is 0 Å². The monoisotopic (exact) mass is 223 g/mol. The van der Waals surface area contributed by atoms with Crippen LogP contribution in [0.3, 0.4) is 0 Å². The molecular weight excluding hydrogens is 205 g/mol. The third kappa shape index (κ3) is 2.11. The van der Waals surface area contributed by atoms with Gasteiger partial charge in [-0.2, -0.15) is 0 Å². The molecule has 2 atom stereocenters. The van der Waals surface area contributed by atoms with Crippen LogP contribution in [0.5, 0.6) is 0 Å². The molecule has 3 heteroatoms. The summed E-state index contributed by atoms with van der Waals surface area (Å²) in [7, 11) is 0. The zero-order valence-corrected chi connectivity index (χ0v) is 9.70. The van der Waals surface area contributed by atoms with Crippen molar-refractivity contribution in [1.29, 1.82) is 0 Å². The Morgan fingerprint density at radius 1 is 1.50 bits per heavy atom. The van der Waals surface area contributed by atoms with Gasteiger partial charge in [-0.3, -0.25) is 0 Å². The largest absolute Gasteiger partial charge is 0.392 e. The van der Waals surface area contributed by atoms with Gasteiger partial charge in [-0.25, -0.2) is 4.39 Å². The number of hydrogen-bond donors (Lipinski definition) is 2. The normalized spacial score (nSPS) is 27.5. The Morgan fingerprint density at radius 2 is 2.25 bits per heavy atom. The van der Waals surface area contributed by atoms with E-state index in [0.717, 1.165) is 12.0 Å². The third-order valence-corrected chi connectivity index (χ3v) is 3.66. The van der Waals surface area contributed by atoms with Crippen LogP contribution >= 0.6 is 0 Å². The highest BCUT2D eigenvalue weighted by molar-refractivity contribution is 5.16. The number of aliphatic hydroxyl groups is 1. The van der Waals surface area contributed by atoms with Crippen molar-refractivity contribution in [2.24, 2.45) is 5.41 Å². The molecule has 0 heterocycles. The number of aliphatic hydroxyl groups excluding tert-OH is 1. The lowest BCUT2D eigenvalue weighted by molar-refractivity contribution is -0.0729. The van der Waals surface area contributed by atoms with E-state index in [1.807, 2.05) is 19.9 Å². The van der Waals surface area contributed by atoms with Crippen molar-refractivity contribution in [1.82, 2.24) is 5.32 Å². The molecule has 1 aromatic rings. The van der Waals surface area contributed by atoms with Crippen LogP contribution in [0.4, 0.5) is 4.39 Å². The lowest BCUT2D eigenvalue weighted by Gasteiger charge is -2.49. The van der Waals surface area contributed by atoms with E-state index in [4.69, 9.17) is 0 Å². The first-order valence-electron chi connectivity index (χ1n) is 5.66. The van der Waals surface area contributed by atoms with Crippen LogP contribution in [0.15, 0.2) is 24.3 Å². The average molecular weight is 223 g/mol. The van der Waals surface area contributed by atoms with Gasteiger partial charge in [-0.15, -0.1) is 0 Å². The molecule has 16 heavy (non-hydrogen) atoms. The predicted molar refractivity (Wildman–Crippen MR) is 61.4 cm³/mol. The maximum absolute atomic E-state index is 12.9. The van der Waals surface area contributed by atoms with Gasteiger partial charge >= 0.3 is 0 Å². The number of benzene rings is 1. The summed E-state index contributed by atoms with van der Waals surface area (Å²) in [6, 6.07) is 6.91. The fourth-order valence-corrected chi connectivity index (χ4v) is 2.14. The smallest absolute Gasteiger partial charge is 0.123 e. The highest BCUT2D eigenvalue weighted by Crippen LogP contribution is 2.40. The van der Waals surface area contributed by atoms with E-state index in [2.05, 4.69) is 5.32 Å². The van der Waals surface area contributed by atoms with Gasteiger partial charge in [-0.05, 0) is 24.1 Å². The SMILES string of the molecule is CC1(C)C(O)CC1NCc1cccc(F)c1. The van der Waals surface area contributed by atoms with E-state index in [9.17, 15) is 9.50 Å². The molecule has 1 aliphatic rings. The maximum atomic E-state index is 12.9. The third-order valence-electron chi connectivity index (χ3n) is 3.66. The van der Waals surface area contributed by atoms with Crippen molar-refractivity contribution in [3.8, 4) is 0 Å². The first kappa shape index (κ1) is 11.6. The Balaban J connectivity index is 1.89. The van der Waals surface area contributed by atoms with Crippen LogP contribution in [0.2, 0.25) is 0 Å². The Labute approximate surface area is 95.5 Å². The van der Waals surface area contributed by atoms with E-state index >= 15 is 0 Å². The van der Waals surface area contributed by atoms with Crippen LogP contribution in [-0.2, 0) is 6.54 Å². The topological polar surface area (TPSA) is 32.3 Å². The summed E-state index contributed by atoms with van der Waals surface area (Å²) in [6.07, 6.45) is 0.556. The maximum Gasteiger partial charge on any atom is 0.123 e. The molecule has 0 saturated heterocycles. The Morgan fingerprint density at radius 3 is 2.81 bits per heavy atom. The fraction of sp³-hybridized carbons (Fsp3) is 0.538. The van der Waals surface area contributed by atoms with Gasteiger partial charge in [0.2, 0.25) is 0 Å². The molecule has 1 fully saturated rings. The predicted octanol–water partition coefficient (Wildman–Crippen LogP) is 2.07. The number of hydrogen-bond acceptors (Lipinski definition) is 2. The molecule has 2 rings (SSSR count). The van der Waals surface area contributed by atoms with Crippen LogP contribution in [0, 0.1) is 11.2 Å². The molecule has 2 nitrogen and oxygen atoms in total. The quantitative estimate of drug-likeness (QED) is 0.822. The zero-order chi connectivity index (χ0) is 11.8. The van der Waals surface area contributed by atoms with Crippen LogP contribution in [-0.4, -0.2) is 17.3 Å². The van der Waals surface area contributed by atoms with E-state index in [-0.39, 0.29) is 17.3 Å². The van der Waals surface area contributed by atoms with Crippen molar-refractivity contribution < 1.29 is 9.50 Å². The van der Waals surface area contributed by atoms with Crippen molar-refractivity contribution in [2.45, 2.75) is 39.0 Å². The first-order valence-corrected chi connectivity index (χ1v) is 5.66. The van der Waals surface area contributed by atoms with E-state index in [0.29, 0.717) is 12.6 Å². The lowest BCUT2D eigenvalue weighted by Crippen LogP contribution is -2.59. The van der Waals surface area contributed by atoms with Crippen molar-refractivity contribution in [2.75, 3.05) is 0 Å². The lowest BCUT2D eigenvalue weighted by atomic mass is 9.64. The first-order chi connectivity index (χ1) is 7.50. The molecule has 88 valence electrons. The van der Waals surface area contributed by atoms with Crippen molar-refractivity contribution in [3.05, 3.63) is 35.6 Å². The summed E-state index contributed by atoms with van der Waals surface area (Å²) in [5.41, 5.74) is 0.866. The summed E-state index contributed by atoms with van der Waals surface area (Å²) in [5, 5.41) is 12.9. The Hall–Kier alpha value is -0.930. The minimum atomic E-state index is -0.225. The highest BCUT2D eigenvalue weighted by Gasteiger charge is 2.46. The molecule has 0 spiro atoms. The number of rotatable bonds is 3. The van der Waals surface area contributed by atoms with Crippen molar-refractivity contribution >= 4 is 0 Å².